The SMILES string of the molecule is CC(=O)N1CCC[C@H]2N(C(=O)c3cc4ccc(C)cc4[nH]3)CCC[C@@]21C. The molecule has 2 amide bonds. The van der Waals surface area contributed by atoms with Crippen LogP contribution in [0.25, 0.3) is 10.9 Å². The number of hydrogen-bond donors (Lipinski definition) is 1. The normalized spacial score (nSPS) is 26.0. The Balaban J connectivity index is 1.67. The Morgan fingerprint density at radius 1 is 1.19 bits per heavy atom. The van der Waals surface area contributed by atoms with Crippen LogP contribution in [-0.2, 0) is 4.79 Å². The van der Waals surface area contributed by atoms with E-state index in [0.717, 1.165) is 49.7 Å². The summed E-state index contributed by atoms with van der Waals surface area (Å²) in [7, 11) is 0. The van der Waals surface area contributed by atoms with Crippen molar-refractivity contribution in [1.82, 2.24) is 14.8 Å². The molecule has 0 unspecified atom stereocenters. The second kappa shape index (κ2) is 6.15. The first-order valence-corrected chi connectivity index (χ1v) is 9.59. The fourth-order valence-corrected chi connectivity index (χ4v) is 5.02. The molecule has 0 bridgehead atoms. The Kier molecular flexibility index (Phi) is 4.05. The van der Waals surface area contributed by atoms with Crippen molar-refractivity contribution in [1.29, 1.82) is 0 Å². The third-order valence-electron chi connectivity index (χ3n) is 6.30. The zero-order chi connectivity index (χ0) is 18.5. The molecule has 2 aliphatic rings. The van der Waals surface area contributed by atoms with Crippen LogP contribution < -0.4 is 0 Å². The minimum absolute atomic E-state index is 0.0557. The van der Waals surface area contributed by atoms with Gasteiger partial charge < -0.3 is 14.8 Å². The van der Waals surface area contributed by atoms with Gasteiger partial charge in [-0.1, -0.05) is 12.1 Å². The number of aryl methyl sites for hydroxylation is 1. The smallest absolute Gasteiger partial charge is 0.270 e. The molecule has 26 heavy (non-hydrogen) atoms. The topological polar surface area (TPSA) is 56.4 Å². The van der Waals surface area contributed by atoms with Crippen LogP contribution in [-0.4, -0.2) is 51.3 Å². The molecule has 2 fully saturated rings. The summed E-state index contributed by atoms with van der Waals surface area (Å²) >= 11 is 0. The van der Waals surface area contributed by atoms with E-state index in [1.807, 2.05) is 15.9 Å². The number of fused-ring (bicyclic) bond motifs is 2. The fourth-order valence-electron chi connectivity index (χ4n) is 5.02. The van der Waals surface area contributed by atoms with Gasteiger partial charge in [-0.3, -0.25) is 9.59 Å². The summed E-state index contributed by atoms with van der Waals surface area (Å²) in [5.74, 6) is 0.174. The lowest BCUT2D eigenvalue weighted by atomic mass is 9.76. The van der Waals surface area contributed by atoms with Gasteiger partial charge >= 0.3 is 0 Å². The molecule has 5 heteroatoms. The summed E-state index contributed by atoms with van der Waals surface area (Å²) in [6, 6.07) is 8.23. The first kappa shape index (κ1) is 17.1. The van der Waals surface area contributed by atoms with Crippen molar-refractivity contribution in [2.45, 2.75) is 58.0 Å². The van der Waals surface area contributed by atoms with E-state index >= 15 is 0 Å². The summed E-state index contributed by atoms with van der Waals surface area (Å²) < 4.78 is 0. The summed E-state index contributed by atoms with van der Waals surface area (Å²) in [6.07, 6.45) is 3.82. The Morgan fingerprint density at radius 2 is 2.00 bits per heavy atom. The van der Waals surface area contributed by atoms with Crippen LogP contribution in [0.4, 0.5) is 0 Å². The first-order valence-electron chi connectivity index (χ1n) is 9.59. The van der Waals surface area contributed by atoms with Crippen LogP contribution in [0, 0.1) is 6.92 Å². The summed E-state index contributed by atoms with van der Waals surface area (Å²) in [6.45, 7) is 7.42. The maximum absolute atomic E-state index is 13.3. The number of nitrogens with one attached hydrogen (secondary N) is 1. The minimum Gasteiger partial charge on any atom is -0.351 e. The van der Waals surface area contributed by atoms with Gasteiger partial charge in [0.2, 0.25) is 5.91 Å². The van der Waals surface area contributed by atoms with Crippen molar-refractivity contribution in [3.63, 3.8) is 0 Å². The second-order valence-corrected chi connectivity index (χ2v) is 8.06. The van der Waals surface area contributed by atoms with Gasteiger partial charge in [-0.15, -0.1) is 0 Å². The van der Waals surface area contributed by atoms with Crippen LogP contribution in [0.15, 0.2) is 24.3 Å². The number of rotatable bonds is 1. The highest BCUT2D eigenvalue weighted by Gasteiger charge is 2.49. The number of carbonyl (C=O) groups is 2. The molecule has 5 nitrogen and oxygen atoms in total. The molecule has 1 N–H and O–H groups in total. The lowest BCUT2D eigenvalue weighted by Crippen LogP contribution is -2.68. The molecule has 0 saturated carbocycles. The molecule has 2 atom stereocenters. The van der Waals surface area contributed by atoms with Crippen molar-refractivity contribution < 1.29 is 9.59 Å². The maximum atomic E-state index is 13.3. The summed E-state index contributed by atoms with van der Waals surface area (Å²) in [4.78, 5) is 32.8. The number of carbonyl (C=O) groups excluding carboxylic acids is 2. The standard InChI is InChI=1S/C21H27N3O2/c1-14-7-8-16-13-18(22-17(16)12-14)20(26)23-10-5-9-21(3)19(23)6-4-11-24(21)15(2)25/h7-8,12-13,19,22H,4-6,9-11H2,1-3H3/t19-,21+/m1/s1. The number of piperidine rings is 2. The van der Waals surface area contributed by atoms with Crippen LogP contribution in [0.1, 0.15) is 55.6 Å². The van der Waals surface area contributed by atoms with Crippen LogP contribution in [0.3, 0.4) is 0 Å². The molecule has 1 aromatic carbocycles. The minimum atomic E-state index is -0.249. The average Bonchev–Trinajstić information content (AvgIpc) is 3.02. The van der Waals surface area contributed by atoms with Gasteiger partial charge in [0.15, 0.2) is 0 Å². The van der Waals surface area contributed by atoms with Crippen molar-refractivity contribution in [3.8, 4) is 0 Å². The van der Waals surface area contributed by atoms with Crippen LogP contribution >= 0.6 is 0 Å². The third kappa shape index (κ3) is 2.61. The first-order chi connectivity index (χ1) is 12.4. The van der Waals surface area contributed by atoms with Crippen molar-refractivity contribution >= 4 is 22.7 Å². The Labute approximate surface area is 154 Å². The van der Waals surface area contributed by atoms with Crippen LogP contribution in [0.2, 0.25) is 0 Å². The zero-order valence-electron chi connectivity index (χ0n) is 15.8. The predicted octanol–water partition coefficient (Wildman–Crippen LogP) is 3.48. The maximum Gasteiger partial charge on any atom is 0.270 e. The van der Waals surface area contributed by atoms with Gasteiger partial charge in [0, 0.05) is 30.9 Å². The molecule has 2 saturated heterocycles. The van der Waals surface area contributed by atoms with Crippen molar-refractivity contribution in [2.24, 2.45) is 0 Å². The number of likely N-dealkylation sites (tertiary alicyclic amines) is 2. The van der Waals surface area contributed by atoms with Crippen LogP contribution in [0.5, 0.6) is 0 Å². The molecule has 2 aromatic rings. The molecule has 0 spiro atoms. The molecular formula is C21H27N3O2. The highest BCUT2D eigenvalue weighted by atomic mass is 16.2. The number of nitrogens with zero attached hydrogens (tertiary/aromatic N) is 2. The average molecular weight is 353 g/mol. The number of aromatic amines is 1. The van der Waals surface area contributed by atoms with E-state index in [9.17, 15) is 9.59 Å². The number of benzene rings is 1. The van der Waals surface area contributed by atoms with E-state index in [2.05, 4.69) is 37.0 Å². The second-order valence-electron chi connectivity index (χ2n) is 8.06. The van der Waals surface area contributed by atoms with E-state index in [4.69, 9.17) is 0 Å². The molecule has 0 aliphatic carbocycles. The number of hydrogen-bond acceptors (Lipinski definition) is 2. The Hall–Kier alpha value is -2.30. The number of H-pyrrole nitrogens is 1. The Morgan fingerprint density at radius 3 is 2.77 bits per heavy atom. The van der Waals surface area contributed by atoms with E-state index in [1.165, 1.54) is 5.56 Å². The van der Waals surface area contributed by atoms with Crippen molar-refractivity contribution in [2.75, 3.05) is 13.1 Å². The van der Waals surface area contributed by atoms with Gasteiger partial charge in [-0.05, 0) is 57.2 Å². The molecule has 0 radical (unpaired) electrons. The van der Waals surface area contributed by atoms with E-state index in [1.54, 1.807) is 6.92 Å². The predicted molar refractivity (Wildman–Crippen MR) is 102 cm³/mol. The lowest BCUT2D eigenvalue weighted by Gasteiger charge is -2.56. The third-order valence-corrected chi connectivity index (χ3v) is 6.30. The van der Waals surface area contributed by atoms with Gasteiger partial charge in [0.1, 0.15) is 5.69 Å². The number of amides is 2. The van der Waals surface area contributed by atoms with E-state index in [-0.39, 0.29) is 23.4 Å². The van der Waals surface area contributed by atoms with E-state index in [0.29, 0.717) is 5.69 Å². The largest absolute Gasteiger partial charge is 0.351 e. The molecule has 1 aromatic heterocycles. The molecular weight excluding hydrogens is 326 g/mol. The molecule has 4 rings (SSSR count). The van der Waals surface area contributed by atoms with Gasteiger partial charge in [-0.25, -0.2) is 0 Å². The quantitative estimate of drug-likeness (QED) is 0.853. The summed E-state index contributed by atoms with van der Waals surface area (Å²) in [5.41, 5.74) is 2.57. The molecule has 138 valence electrons. The Bertz CT molecular complexity index is 871. The number of aromatic nitrogens is 1. The zero-order valence-corrected chi connectivity index (χ0v) is 15.8. The highest BCUT2D eigenvalue weighted by molar-refractivity contribution is 5.98. The summed E-state index contributed by atoms with van der Waals surface area (Å²) in [5, 5.41) is 1.06. The lowest BCUT2D eigenvalue weighted by molar-refractivity contribution is -0.143. The van der Waals surface area contributed by atoms with E-state index < -0.39 is 0 Å². The molecule has 2 aliphatic heterocycles. The molecule has 3 heterocycles. The highest BCUT2D eigenvalue weighted by Crippen LogP contribution is 2.39. The van der Waals surface area contributed by atoms with Gasteiger partial charge in [-0.2, -0.15) is 0 Å². The van der Waals surface area contributed by atoms with Gasteiger partial charge in [0.05, 0.1) is 11.6 Å². The van der Waals surface area contributed by atoms with Gasteiger partial charge in [0.25, 0.3) is 5.91 Å². The monoisotopic (exact) mass is 353 g/mol. The van der Waals surface area contributed by atoms with Crippen molar-refractivity contribution in [3.05, 3.63) is 35.5 Å². The fraction of sp³-hybridized carbons (Fsp3) is 0.524.